The first-order chi connectivity index (χ1) is 11.2. The fourth-order valence-corrected chi connectivity index (χ4v) is 3.59. The monoisotopic (exact) mass is 324 g/mol. The van der Waals surface area contributed by atoms with Crippen molar-refractivity contribution in [2.45, 2.75) is 6.92 Å². The number of nitrogens with zero attached hydrogens (tertiary/aromatic N) is 6. The first-order valence-electron chi connectivity index (χ1n) is 7.43. The summed E-state index contributed by atoms with van der Waals surface area (Å²) in [6.45, 7) is 3.07. The highest BCUT2D eigenvalue weighted by atomic mass is 32.2. The molecule has 0 saturated carbocycles. The van der Waals surface area contributed by atoms with E-state index in [1.165, 1.54) is 5.03 Å². The minimum absolute atomic E-state index is 0.600. The molecule has 0 aliphatic carbocycles. The lowest BCUT2D eigenvalue weighted by Crippen LogP contribution is -2.10. The van der Waals surface area contributed by atoms with Gasteiger partial charge < -0.3 is 4.90 Å². The number of hydrogen-bond donors (Lipinski definition) is 0. The molecule has 7 heteroatoms. The van der Waals surface area contributed by atoms with Crippen LogP contribution in [-0.2, 0) is 0 Å². The number of allylic oxidation sites excluding steroid dienone is 1. The lowest BCUT2D eigenvalue weighted by Gasteiger charge is -2.09. The average molecular weight is 324 g/mol. The third-order valence-electron chi connectivity index (χ3n) is 3.81. The summed E-state index contributed by atoms with van der Waals surface area (Å²) in [6.07, 6.45) is 5.96. The van der Waals surface area contributed by atoms with Crippen LogP contribution < -0.4 is 5.22 Å². The van der Waals surface area contributed by atoms with Gasteiger partial charge in [-0.1, -0.05) is 6.07 Å². The molecule has 0 spiro atoms. The van der Waals surface area contributed by atoms with Crippen LogP contribution in [0.5, 0.6) is 0 Å². The number of thioether (sulfide) groups is 1. The molecule has 0 N–H and O–H groups in total. The van der Waals surface area contributed by atoms with Crippen molar-refractivity contribution in [3.63, 3.8) is 0 Å². The first-order valence-corrected chi connectivity index (χ1v) is 8.41. The Hall–Kier alpha value is -2.41. The molecule has 116 valence electrons. The molecule has 23 heavy (non-hydrogen) atoms. The molecule has 1 saturated heterocycles. The molecule has 4 rings (SSSR count). The van der Waals surface area contributed by atoms with E-state index in [4.69, 9.17) is 0 Å². The average Bonchev–Trinajstić information content (AvgIpc) is 3.22. The third kappa shape index (κ3) is 2.57. The highest BCUT2D eigenvalue weighted by Gasteiger charge is 2.14. The largest absolute Gasteiger partial charge is 0.369 e. The maximum Gasteiger partial charge on any atom is 0.202 e. The summed E-state index contributed by atoms with van der Waals surface area (Å²) >= 11 is 1.87. The van der Waals surface area contributed by atoms with E-state index in [1.807, 2.05) is 36.9 Å². The van der Waals surface area contributed by atoms with Gasteiger partial charge in [-0.15, -0.1) is 21.5 Å². The Morgan fingerprint density at radius 1 is 1.22 bits per heavy atom. The Balaban J connectivity index is 1.80. The zero-order valence-electron chi connectivity index (χ0n) is 13.0. The van der Waals surface area contributed by atoms with Gasteiger partial charge in [0.15, 0.2) is 5.65 Å². The van der Waals surface area contributed by atoms with Gasteiger partial charge in [-0.2, -0.15) is 5.10 Å². The highest BCUT2D eigenvalue weighted by molar-refractivity contribution is 8.03. The predicted molar refractivity (Wildman–Crippen MR) is 91.6 cm³/mol. The van der Waals surface area contributed by atoms with Crippen LogP contribution >= 0.6 is 11.8 Å². The van der Waals surface area contributed by atoms with Crippen molar-refractivity contribution in [3.8, 4) is 11.5 Å². The second kappa shape index (κ2) is 5.66. The summed E-state index contributed by atoms with van der Waals surface area (Å²) in [4.78, 5) is 11.2. The van der Waals surface area contributed by atoms with Gasteiger partial charge in [-0.3, -0.25) is 4.98 Å². The number of fused-ring (bicyclic) bond motifs is 1. The van der Waals surface area contributed by atoms with E-state index < -0.39 is 0 Å². The molecule has 6 nitrogen and oxygen atoms in total. The number of hydrogen-bond acceptors (Lipinski definition) is 6. The van der Waals surface area contributed by atoms with E-state index in [-0.39, 0.29) is 0 Å². The van der Waals surface area contributed by atoms with Crippen molar-refractivity contribution < 1.29 is 0 Å². The summed E-state index contributed by atoms with van der Waals surface area (Å²) in [5.74, 6) is 1.74. The summed E-state index contributed by atoms with van der Waals surface area (Å²) < 4.78 is 1.59. The van der Waals surface area contributed by atoms with Crippen LogP contribution in [0.4, 0.5) is 0 Å². The third-order valence-corrected chi connectivity index (χ3v) is 4.94. The van der Waals surface area contributed by atoms with Gasteiger partial charge in [0.2, 0.25) is 5.82 Å². The van der Waals surface area contributed by atoms with Gasteiger partial charge in [0, 0.05) is 30.8 Å². The molecule has 1 aliphatic rings. The van der Waals surface area contributed by atoms with E-state index in [2.05, 4.69) is 44.3 Å². The van der Waals surface area contributed by atoms with Crippen LogP contribution in [0.3, 0.4) is 0 Å². The van der Waals surface area contributed by atoms with Crippen LogP contribution in [0.25, 0.3) is 23.2 Å². The standard InChI is InChI=1S/C16H16N6S/c1-11-12(6-7-14-21(2)9-10-23-14)16-18-15(20-22(16)19-11)13-5-3-4-8-17-13/h3-8H,9-10H2,1-2H3. The lowest BCUT2D eigenvalue weighted by molar-refractivity contribution is 0.493. The van der Waals surface area contributed by atoms with Crippen LogP contribution in [0.15, 0.2) is 35.5 Å². The van der Waals surface area contributed by atoms with Gasteiger partial charge in [0.25, 0.3) is 0 Å². The summed E-state index contributed by atoms with van der Waals surface area (Å²) in [7, 11) is 2.11. The summed E-state index contributed by atoms with van der Waals surface area (Å²) in [5.41, 5.74) is 2.45. The zero-order valence-corrected chi connectivity index (χ0v) is 13.8. The Kier molecular flexibility index (Phi) is 3.49. The van der Waals surface area contributed by atoms with Crippen LogP contribution in [0.2, 0.25) is 0 Å². The van der Waals surface area contributed by atoms with Gasteiger partial charge >= 0.3 is 0 Å². The highest BCUT2D eigenvalue weighted by Crippen LogP contribution is 2.25. The van der Waals surface area contributed by atoms with Gasteiger partial charge in [0.1, 0.15) is 5.69 Å². The molecule has 1 aliphatic heterocycles. The van der Waals surface area contributed by atoms with Crippen LogP contribution in [-0.4, -0.2) is 49.0 Å². The minimum Gasteiger partial charge on any atom is -0.369 e. The maximum atomic E-state index is 4.61. The van der Waals surface area contributed by atoms with Gasteiger partial charge in [0.05, 0.1) is 10.7 Å². The Morgan fingerprint density at radius 2 is 2.13 bits per heavy atom. The van der Waals surface area contributed by atoms with E-state index in [0.29, 0.717) is 5.82 Å². The molecule has 0 atom stereocenters. The normalized spacial score (nSPS) is 17.7. The van der Waals surface area contributed by atoms with Gasteiger partial charge in [-0.25, -0.2) is 4.98 Å². The predicted octanol–water partition coefficient (Wildman–Crippen LogP) is 1.51. The lowest BCUT2D eigenvalue weighted by atomic mass is 10.3. The van der Waals surface area contributed by atoms with Crippen molar-refractivity contribution in [1.29, 1.82) is 0 Å². The Morgan fingerprint density at radius 3 is 2.87 bits per heavy atom. The molecule has 0 amide bonds. The van der Waals surface area contributed by atoms with Crippen molar-refractivity contribution in [3.05, 3.63) is 46.4 Å². The van der Waals surface area contributed by atoms with Gasteiger partial charge in [-0.05, 0) is 31.2 Å². The van der Waals surface area contributed by atoms with Crippen molar-refractivity contribution in [2.75, 3.05) is 19.3 Å². The van der Waals surface area contributed by atoms with Crippen LogP contribution in [0, 0.1) is 6.92 Å². The molecule has 1 fully saturated rings. The molecule has 0 radical (unpaired) electrons. The van der Waals surface area contributed by atoms with Crippen LogP contribution in [0.1, 0.15) is 5.69 Å². The molecule has 0 unspecified atom stereocenters. The number of pyridine rings is 1. The SMILES string of the molecule is Cc1nn2nc(-c3ccccn3)nc2c1=CC=C1SCCN1C. The summed E-state index contributed by atoms with van der Waals surface area (Å²) in [5, 5.41) is 11.2. The molecule has 0 aromatic carbocycles. The maximum absolute atomic E-state index is 4.61. The fraction of sp³-hybridized carbons (Fsp3) is 0.250. The smallest absolute Gasteiger partial charge is 0.202 e. The minimum atomic E-state index is 0.600. The fourth-order valence-electron chi connectivity index (χ4n) is 2.54. The van der Waals surface area contributed by atoms with E-state index in [1.54, 1.807) is 10.8 Å². The topological polar surface area (TPSA) is 59.2 Å². The van der Waals surface area contributed by atoms with Crippen molar-refractivity contribution in [2.24, 2.45) is 0 Å². The number of aryl methyl sites for hydroxylation is 1. The first kappa shape index (κ1) is 14.2. The van der Waals surface area contributed by atoms with Crippen molar-refractivity contribution in [1.82, 2.24) is 29.7 Å². The molecule has 3 aromatic rings. The van der Waals surface area contributed by atoms with E-state index in [0.717, 1.165) is 34.6 Å². The molecule has 0 bridgehead atoms. The van der Waals surface area contributed by atoms with E-state index in [9.17, 15) is 0 Å². The molecule has 4 heterocycles. The quantitative estimate of drug-likeness (QED) is 0.712. The number of rotatable bonds is 2. The summed E-state index contributed by atoms with van der Waals surface area (Å²) in [6, 6.07) is 5.71. The second-order valence-corrected chi connectivity index (χ2v) is 6.52. The molecular formula is C16H16N6S. The Labute approximate surface area is 137 Å². The molecule has 3 aromatic heterocycles. The molecular weight excluding hydrogens is 308 g/mol. The number of aromatic nitrogens is 5. The van der Waals surface area contributed by atoms with E-state index >= 15 is 0 Å². The Bertz CT molecular complexity index is 931. The zero-order chi connectivity index (χ0) is 15.8. The van der Waals surface area contributed by atoms with Crippen molar-refractivity contribution >= 4 is 23.5 Å². The second-order valence-electron chi connectivity index (χ2n) is 5.40.